The van der Waals surface area contributed by atoms with Crippen LogP contribution in [0.25, 0.3) is 11.6 Å². The lowest BCUT2D eigenvalue weighted by molar-refractivity contribution is 0.427. The first kappa shape index (κ1) is 16.5. The summed E-state index contributed by atoms with van der Waals surface area (Å²) in [6.07, 6.45) is 2.00. The van der Waals surface area contributed by atoms with Gasteiger partial charge in [-0.25, -0.2) is 4.99 Å². The van der Waals surface area contributed by atoms with Crippen LogP contribution in [-0.2, 0) is 7.05 Å². The number of hydrogen-bond acceptors (Lipinski definition) is 4. The highest BCUT2D eigenvalue weighted by atomic mass is 32.1. The fourth-order valence-electron chi connectivity index (χ4n) is 3.00. The van der Waals surface area contributed by atoms with Crippen molar-refractivity contribution in [2.75, 3.05) is 0 Å². The molecule has 0 spiro atoms. The van der Waals surface area contributed by atoms with Crippen LogP contribution in [0.2, 0.25) is 0 Å². The van der Waals surface area contributed by atoms with E-state index < -0.39 is 0 Å². The molecule has 0 saturated heterocycles. The minimum Gasteiger partial charge on any atom is -0.493 e. The molecule has 4 rings (SSSR count). The van der Waals surface area contributed by atoms with E-state index in [1.165, 1.54) is 11.3 Å². The number of nitrogens with zero attached hydrogens (tertiary/aromatic N) is 3. The van der Waals surface area contributed by atoms with Gasteiger partial charge in [0.1, 0.15) is 0 Å². The van der Waals surface area contributed by atoms with Crippen LogP contribution in [0.3, 0.4) is 0 Å². The molecule has 4 nitrogen and oxygen atoms in total. The van der Waals surface area contributed by atoms with Gasteiger partial charge in [0.25, 0.3) is 0 Å². The summed E-state index contributed by atoms with van der Waals surface area (Å²) < 4.78 is 1.72. The zero-order valence-electron chi connectivity index (χ0n) is 14.9. The summed E-state index contributed by atoms with van der Waals surface area (Å²) in [6, 6.07) is 16.0. The van der Waals surface area contributed by atoms with E-state index >= 15 is 0 Å². The first-order chi connectivity index (χ1) is 12.5. The Labute approximate surface area is 156 Å². The molecule has 0 atom stereocenters. The van der Waals surface area contributed by atoms with Crippen LogP contribution in [0, 0.1) is 6.92 Å². The molecule has 130 valence electrons. The smallest absolute Gasteiger partial charge is 0.210 e. The highest BCUT2D eigenvalue weighted by Gasteiger charge is 2.18. The normalized spacial score (nSPS) is 15.4. The monoisotopic (exact) mass is 361 g/mol. The lowest BCUT2D eigenvalue weighted by Crippen LogP contribution is -2.08. The molecule has 2 heterocycles. The lowest BCUT2D eigenvalue weighted by Gasteiger charge is -2.01. The van der Waals surface area contributed by atoms with Crippen molar-refractivity contribution in [3.8, 4) is 5.88 Å². The number of aromatic nitrogens is 1. The second kappa shape index (κ2) is 6.42. The first-order valence-corrected chi connectivity index (χ1v) is 9.22. The third-order valence-corrected chi connectivity index (χ3v) is 5.57. The number of para-hydroxylation sites is 2. The Hall–Kier alpha value is -2.92. The van der Waals surface area contributed by atoms with E-state index in [1.54, 1.807) is 4.57 Å². The minimum atomic E-state index is 0.215. The number of rotatable bonds is 2. The van der Waals surface area contributed by atoms with Crippen molar-refractivity contribution in [3.63, 3.8) is 0 Å². The molecule has 0 saturated carbocycles. The third-order valence-electron chi connectivity index (χ3n) is 4.51. The summed E-state index contributed by atoms with van der Waals surface area (Å²) in [5.74, 6) is 0.215. The minimum absolute atomic E-state index is 0.215. The average molecular weight is 361 g/mol. The van der Waals surface area contributed by atoms with Gasteiger partial charge in [0, 0.05) is 23.9 Å². The molecule has 2 aromatic carbocycles. The number of allylic oxidation sites excluding steroid dienone is 1. The molecule has 3 aromatic rings. The maximum absolute atomic E-state index is 10.6. The second-order valence-electron chi connectivity index (χ2n) is 6.30. The van der Waals surface area contributed by atoms with Gasteiger partial charge < -0.3 is 5.11 Å². The number of fused-ring (bicyclic) bond motifs is 1. The largest absolute Gasteiger partial charge is 0.493 e. The highest BCUT2D eigenvalue weighted by Crippen LogP contribution is 2.37. The van der Waals surface area contributed by atoms with Gasteiger partial charge in [-0.1, -0.05) is 47.7 Å². The van der Waals surface area contributed by atoms with Crippen LogP contribution in [0.15, 0.2) is 58.5 Å². The molecule has 1 aliphatic heterocycles. The average Bonchev–Trinajstić information content (AvgIpc) is 3.09. The van der Waals surface area contributed by atoms with Gasteiger partial charge >= 0.3 is 0 Å². The van der Waals surface area contributed by atoms with Crippen LogP contribution < -0.4 is 4.80 Å². The number of aromatic hydroxyl groups is 1. The van der Waals surface area contributed by atoms with Gasteiger partial charge in [-0.05, 0) is 37.6 Å². The van der Waals surface area contributed by atoms with Crippen molar-refractivity contribution in [2.24, 2.45) is 17.0 Å². The molecule has 1 N–H and O–H groups in total. The number of benzene rings is 2. The number of aryl methyl sites for hydroxylation is 1. The lowest BCUT2D eigenvalue weighted by atomic mass is 10.0. The molecule has 0 fully saturated rings. The second-order valence-corrected chi connectivity index (χ2v) is 7.31. The highest BCUT2D eigenvalue weighted by molar-refractivity contribution is 7.10. The van der Waals surface area contributed by atoms with E-state index in [0.717, 1.165) is 43.5 Å². The summed E-state index contributed by atoms with van der Waals surface area (Å²) in [4.78, 5) is 10.9. The van der Waals surface area contributed by atoms with Gasteiger partial charge in [0.05, 0.1) is 16.3 Å². The molecular formula is C21H19N3OS. The number of thiazole rings is 1. The Kier molecular flexibility index (Phi) is 4.09. The SMILES string of the molecule is CC1=Nc2ccccc2/C1=C/c1sc(=Nc2ccccc2C)n(C)c1O. The zero-order chi connectivity index (χ0) is 18.3. The Morgan fingerprint density at radius 2 is 1.81 bits per heavy atom. The predicted octanol–water partition coefficient (Wildman–Crippen LogP) is 4.98. The van der Waals surface area contributed by atoms with E-state index in [0.29, 0.717) is 0 Å². The Morgan fingerprint density at radius 1 is 1.08 bits per heavy atom. The molecule has 1 aliphatic rings. The first-order valence-electron chi connectivity index (χ1n) is 8.40. The van der Waals surface area contributed by atoms with Gasteiger partial charge in [0.2, 0.25) is 5.88 Å². The molecule has 1 aromatic heterocycles. The van der Waals surface area contributed by atoms with Crippen molar-refractivity contribution in [3.05, 3.63) is 69.3 Å². The fraction of sp³-hybridized carbons (Fsp3) is 0.143. The maximum Gasteiger partial charge on any atom is 0.210 e. The number of aliphatic imine (C=N–C) groups is 1. The van der Waals surface area contributed by atoms with Crippen LogP contribution >= 0.6 is 11.3 Å². The molecule has 0 bridgehead atoms. The summed E-state index contributed by atoms with van der Waals surface area (Å²) in [6.45, 7) is 4.03. The Balaban J connectivity index is 1.83. The third kappa shape index (κ3) is 2.80. The standard InChI is InChI=1S/C21H19N3OS/c1-13-8-4-6-10-17(13)23-21-24(3)20(25)19(26-21)12-16-14(2)22-18-11-7-5-9-15(16)18/h4-12,25H,1-3H3/b16-12+,23-21?. The van der Waals surface area contributed by atoms with Crippen LogP contribution in [0.1, 0.15) is 22.9 Å². The van der Waals surface area contributed by atoms with Gasteiger partial charge in [0.15, 0.2) is 4.80 Å². The zero-order valence-corrected chi connectivity index (χ0v) is 15.7. The van der Waals surface area contributed by atoms with Crippen molar-refractivity contribution < 1.29 is 5.11 Å². The van der Waals surface area contributed by atoms with E-state index in [4.69, 9.17) is 4.99 Å². The van der Waals surface area contributed by atoms with Crippen LogP contribution in [-0.4, -0.2) is 15.4 Å². The van der Waals surface area contributed by atoms with Crippen LogP contribution in [0.5, 0.6) is 5.88 Å². The maximum atomic E-state index is 10.6. The molecule has 5 heteroatoms. The van der Waals surface area contributed by atoms with E-state index in [2.05, 4.69) is 11.1 Å². The quantitative estimate of drug-likeness (QED) is 0.687. The van der Waals surface area contributed by atoms with E-state index in [9.17, 15) is 5.11 Å². The molecule has 0 unspecified atom stereocenters. The van der Waals surface area contributed by atoms with Crippen LogP contribution in [0.4, 0.5) is 11.4 Å². The molecule has 0 amide bonds. The van der Waals surface area contributed by atoms with Crippen molar-refractivity contribution >= 4 is 40.1 Å². The molecule has 26 heavy (non-hydrogen) atoms. The molecular weight excluding hydrogens is 342 g/mol. The summed E-state index contributed by atoms with van der Waals surface area (Å²) >= 11 is 1.47. The Morgan fingerprint density at radius 3 is 2.62 bits per heavy atom. The predicted molar refractivity (Wildman–Crippen MR) is 108 cm³/mol. The topological polar surface area (TPSA) is 49.9 Å². The Bertz CT molecular complexity index is 1130. The molecule has 0 radical (unpaired) electrons. The van der Waals surface area contributed by atoms with Crippen molar-refractivity contribution in [2.45, 2.75) is 13.8 Å². The number of hydrogen-bond donors (Lipinski definition) is 1. The van der Waals surface area contributed by atoms with Crippen molar-refractivity contribution in [1.29, 1.82) is 0 Å². The summed E-state index contributed by atoms with van der Waals surface area (Å²) in [5.41, 5.74) is 6.08. The van der Waals surface area contributed by atoms with E-state index in [1.807, 2.05) is 69.4 Å². The van der Waals surface area contributed by atoms with Gasteiger partial charge in [-0.3, -0.25) is 9.56 Å². The van der Waals surface area contributed by atoms with E-state index in [-0.39, 0.29) is 5.88 Å². The van der Waals surface area contributed by atoms with Gasteiger partial charge in [-0.15, -0.1) is 0 Å². The summed E-state index contributed by atoms with van der Waals surface area (Å²) in [7, 11) is 1.83. The fourth-order valence-corrected chi connectivity index (χ4v) is 3.97. The molecule has 0 aliphatic carbocycles. The van der Waals surface area contributed by atoms with Crippen molar-refractivity contribution in [1.82, 2.24) is 4.57 Å². The summed E-state index contributed by atoms with van der Waals surface area (Å²) in [5, 5.41) is 10.6. The van der Waals surface area contributed by atoms with Gasteiger partial charge in [-0.2, -0.15) is 0 Å².